The number of imidazole rings is 1. The minimum Gasteiger partial charge on any atom is -0.415 e. The summed E-state index contributed by atoms with van der Waals surface area (Å²) in [6.45, 7) is 5.13. The molecular formula is C29H30N6O4. The molecule has 1 saturated heterocycles. The summed E-state index contributed by atoms with van der Waals surface area (Å²) in [7, 11) is 0. The van der Waals surface area contributed by atoms with Gasteiger partial charge in [0.2, 0.25) is 5.95 Å². The lowest BCUT2D eigenvalue weighted by Crippen LogP contribution is -2.43. The molecule has 3 amide bonds. The van der Waals surface area contributed by atoms with Crippen molar-refractivity contribution in [2.45, 2.75) is 26.7 Å². The lowest BCUT2D eigenvalue weighted by Gasteiger charge is -2.32. The molecule has 1 aliphatic heterocycles. The number of piperidine rings is 1. The molecule has 1 aliphatic rings. The maximum absolute atomic E-state index is 13.1. The van der Waals surface area contributed by atoms with Gasteiger partial charge in [-0.25, -0.2) is 9.78 Å². The van der Waals surface area contributed by atoms with Gasteiger partial charge in [0.25, 0.3) is 11.8 Å². The Morgan fingerprint density at radius 3 is 2.77 bits per heavy atom. The lowest BCUT2D eigenvalue weighted by atomic mass is 9.98. The van der Waals surface area contributed by atoms with Gasteiger partial charge in [-0.3, -0.25) is 19.9 Å². The van der Waals surface area contributed by atoms with Crippen LogP contribution in [0.25, 0.3) is 21.8 Å². The van der Waals surface area contributed by atoms with Crippen molar-refractivity contribution in [1.29, 1.82) is 0 Å². The zero-order valence-electron chi connectivity index (χ0n) is 21.9. The Morgan fingerprint density at radius 2 is 1.95 bits per heavy atom. The van der Waals surface area contributed by atoms with Crippen LogP contribution in [0.1, 0.15) is 47.5 Å². The second kappa shape index (κ2) is 11.3. The maximum atomic E-state index is 13.1. The third-order valence-electron chi connectivity index (χ3n) is 6.84. The molecule has 1 atom stereocenters. The Morgan fingerprint density at radius 1 is 1.13 bits per heavy atom. The van der Waals surface area contributed by atoms with E-state index >= 15 is 0 Å². The van der Waals surface area contributed by atoms with Crippen molar-refractivity contribution in [3.8, 4) is 0 Å². The number of aromatic nitrogens is 3. The number of amides is 3. The number of para-hydroxylation sites is 1. The standard InChI is InChI=1S/C29H30N6O4/c1-3-18(2)39-29(38)35-13-7-8-19(17-35)15-31-26(36)22-11-6-12-23-25(22)33-28(32-23)34-27(37)24-14-20-9-4-5-10-21(20)16-30-24/h3-6,9-12,14,16,19H,7-8,13,15,17H2,1-2H3,(H,31,36)(H2,32,33,34,37)/b18-3+/t19-/m0/s1. The van der Waals surface area contributed by atoms with Gasteiger partial charge in [0.05, 0.1) is 11.1 Å². The van der Waals surface area contributed by atoms with Crippen molar-refractivity contribution in [3.63, 3.8) is 0 Å². The number of anilines is 1. The highest BCUT2D eigenvalue weighted by molar-refractivity contribution is 6.07. The molecule has 2 aromatic carbocycles. The number of pyridine rings is 1. The molecular weight excluding hydrogens is 496 g/mol. The minimum absolute atomic E-state index is 0.115. The van der Waals surface area contributed by atoms with Crippen LogP contribution < -0.4 is 10.6 Å². The second-order valence-electron chi connectivity index (χ2n) is 9.59. The first kappa shape index (κ1) is 25.9. The van der Waals surface area contributed by atoms with Gasteiger partial charge in [-0.05, 0) is 62.3 Å². The molecule has 1 fully saturated rings. The number of rotatable bonds is 6. The van der Waals surface area contributed by atoms with Gasteiger partial charge < -0.3 is 19.9 Å². The number of likely N-dealkylation sites (tertiary alicyclic amines) is 1. The Labute approximate surface area is 225 Å². The van der Waals surface area contributed by atoms with E-state index in [1.807, 2.05) is 31.2 Å². The van der Waals surface area contributed by atoms with E-state index in [4.69, 9.17) is 4.74 Å². The summed E-state index contributed by atoms with van der Waals surface area (Å²) in [6, 6.07) is 14.6. The normalized spacial score (nSPS) is 15.8. The number of carbonyl (C=O) groups is 3. The predicted molar refractivity (Wildman–Crippen MR) is 148 cm³/mol. The fraction of sp³-hybridized carbons (Fsp3) is 0.276. The maximum Gasteiger partial charge on any atom is 0.414 e. The average Bonchev–Trinajstić information content (AvgIpc) is 3.38. The first-order valence-electron chi connectivity index (χ1n) is 12.9. The number of H-pyrrole nitrogens is 1. The summed E-state index contributed by atoms with van der Waals surface area (Å²) in [6.07, 6.45) is 4.78. The van der Waals surface area contributed by atoms with E-state index in [2.05, 4.69) is 25.6 Å². The smallest absolute Gasteiger partial charge is 0.414 e. The monoisotopic (exact) mass is 526 g/mol. The van der Waals surface area contributed by atoms with Gasteiger partial charge in [0.1, 0.15) is 17.0 Å². The number of benzene rings is 2. The largest absolute Gasteiger partial charge is 0.415 e. The van der Waals surface area contributed by atoms with Gasteiger partial charge in [-0.15, -0.1) is 0 Å². The number of hydrogen-bond donors (Lipinski definition) is 3. The Bertz CT molecular complexity index is 1580. The average molecular weight is 527 g/mol. The molecule has 3 heterocycles. The van der Waals surface area contributed by atoms with Gasteiger partial charge in [0.15, 0.2) is 0 Å². The topological polar surface area (TPSA) is 129 Å². The van der Waals surface area contributed by atoms with Crippen molar-refractivity contribution in [2.75, 3.05) is 25.0 Å². The molecule has 10 heteroatoms. The Hall–Kier alpha value is -4.73. The van der Waals surface area contributed by atoms with Crippen LogP contribution in [0.2, 0.25) is 0 Å². The van der Waals surface area contributed by atoms with Crippen LogP contribution in [-0.4, -0.2) is 57.4 Å². The molecule has 0 saturated carbocycles. The molecule has 39 heavy (non-hydrogen) atoms. The zero-order chi connectivity index (χ0) is 27.4. The second-order valence-corrected chi connectivity index (χ2v) is 9.59. The number of hydrogen-bond acceptors (Lipinski definition) is 6. The highest BCUT2D eigenvalue weighted by Gasteiger charge is 2.26. The molecule has 0 aliphatic carbocycles. The van der Waals surface area contributed by atoms with Crippen LogP contribution in [0.4, 0.5) is 10.7 Å². The minimum atomic E-state index is -0.407. The molecule has 3 N–H and O–H groups in total. The number of carbonyl (C=O) groups excluding carboxylic acids is 3. The number of ether oxygens (including phenoxy) is 1. The number of aromatic amines is 1. The van der Waals surface area contributed by atoms with E-state index in [1.54, 1.807) is 48.4 Å². The van der Waals surface area contributed by atoms with Crippen LogP contribution in [0.15, 0.2) is 66.6 Å². The van der Waals surface area contributed by atoms with E-state index in [1.165, 1.54) is 0 Å². The summed E-state index contributed by atoms with van der Waals surface area (Å²) in [5, 5.41) is 7.58. The molecule has 4 aromatic rings. The van der Waals surface area contributed by atoms with Crippen LogP contribution in [0.5, 0.6) is 0 Å². The van der Waals surface area contributed by atoms with E-state index in [9.17, 15) is 14.4 Å². The van der Waals surface area contributed by atoms with Gasteiger partial charge in [-0.2, -0.15) is 0 Å². The SMILES string of the molecule is C/C=C(\C)OC(=O)N1CCC[C@@H](CNC(=O)c2cccc3[nH]c(NC(=O)c4cc5ccccc5cn4)nc23)C1. The molecule has 10 nitrogen and oxygen atoms in total. The number of fused-ring (bicyclic) bond motifs is 2. The summed E-state index contributed by atoms with van der Waals surface area (Å²) >= 11 is 0. The van der Waals surface area contributed by atoms with Crippen molar-refractivity contribution in [2.24, 2.45) is 5.92 Å². The molecule has 200 valence electrons. The third-order valence-corrected chi connectivity index (χ3v) is 6.84. The molecule has 0 bridgehead atoms. The summed E-state index contributed by atoms with van der Waals surface area (Å²) in [4.78, 5) is 51.8. The Kier molecular flexibility index (Phi) is 7.53. The van der Waals surface area contributed by atoms with Crippen molar-refractivity contribution < 1.29 is 19.1 Å². The van der Waals surface area contributed by atoms with Crippen LogP contribution in [0.3, 0.4) is 0 Å². The summed E-state index contributed by atoms with van der Waals surface area (Å²) < 4.78 is 5.32. The fourth-order valence-corrected chi connectivity index (χ4v) is 4.64. The van der Waals surface area contributed by atoms with Crippen molar-refractivity contribution in [3.05, 3.63) is 77.8 Å². The van der Waals surface area contributed by atoms with E-state index < -0.39 is 5.91 Å². The van der Waals surface area contributed by atoms with Gasteiger partial charge in [-0.1, -0.05) is 30.3 Å². The van der Waals surface area contributed by atoms with Crippen molar-refractivity contribution in [1.82, 2.24) is 25.2 Å². The van der Waals surface area contributed by atoms with Gasteiger partial charge >= 0.3 is 6.09 Å². The third kappa shape index (κ3) is 5.90. The number of allylic oxidation sites excluding steroid dienone is 2. The van der Waals surface area contributed by atoms with E-state index in [0.29, 0.717) is 42.0 Å². The lowest BCUT2D eigenvalue weighted by molar-refractivity contribution is 0.0917. The fourth-order valence-electron chi connectivity index (χ4n) is 4.64. The summed E-state index contributed by atoms with van der Waals surface area (Å²) in [5.74, 6) is 0.222. The highest BCUT2D eigenvalue weighted by atomic mass is 16.6. The molecule has 2 aromatic heterocycles. The first-order valence-corrected chi connectivity index (χ1v) is 12.9. The summed E-state index contributed by atoms with van der Waals surface area (Å²) in [5.41, 5.74) is 1.73. The first-order chi connectivity index (χ1) is 18.9. The zero-order valence-corrected chi connectivity index (χ0v) is 21.9. The molecule has 0 unspecified atom stereocenters. The van der Waals surface area contributed by atoms with E-state index in [-0.39, 0.29) is 29.6 Å². The van der Waals surface area contributed by atoms with Crippen LogP contribution in [-0.2, 0) is 4.74 Å². The predicted octanol–water partition coefficient (Wildman–Crippen LogP) is 4.87. The number of nitrogens with one attached hydrogen (secondary N) is 3. The van der Waals surface area contributed by atoms with Crippen molar-refractivity contribution >= 4 is 45.7 Å². The molecule has 0 spiro atoms. The molecule has 5 rings (SSSR count). The van der Waals surface area contributed by atoms with Gasteiger partial charge in [0, 0.05) is 31.2 Å². The quantitative estimate of drug-likeness (QED) is 0.308. The van der Waals surface area contributed by atoms with Crippen LogP contribution >= 0.6 is 0 Å². The molecule has 0 radical (unpaired) electrons. The number of nitrogens with zero attached hydrogens (tertiary/aromatic N) is 3. The van der Waals surface area contributed by atoms with Crippen LogP contribution in [0, 0.1) is 5.92 Å². The Balaban J connectivity index is 1.23. The highest BCUT2D eigenvalue weighted by Crippen LogP contribution is 2.21. The van der Waals surface area contributed by atoms with E-state index in [0.717, 1.165) is 23.6 Å².